The van der Waals surface area contributed by atoms with Gasteiger partial charge in [-0.3, -0.25) is 10.2 Å². The second kappa shape index (κ2) is 13.5. The summed E-state index contributed by atoms with van der Waals surface area (Å²) in [5.41, 5.74) is 4.06. The number of benzene rings is 2. The molecule has 3 atom stereocenters. The van der Waals surface area contributed by atoms with Crippen LogP contribution in [0.4, 0.5) is 8.78 Å². The van der Waals surface area contributed by atoms with E-state index < -0.39 is 12.7 Å². The van der Waals surface area contributed by atoms with Crippen molar-refractivity contribution in [3.05, 3.63) is 95.1 Å². The van der Waals surface area contributed by atoms with Crippen LogP contribution in [-0.4, -0.2) is 50.1 Å². The van der Waals surface area contributed by atoms with Crippen molar-refractivity contribution in [3.8, 4) is 11.5 Å². The fourth-order valence-corrected chi connectivity index (χ4v) is 4.98. The van der Waals surface area contributed by atoms with E-state index in [9.17, 15) is 13.9 Å². The van der Waals surface area contributed by atoms with Crippen molar-refractivity contribution in [2.75, 3.05) is 27.8 Å². The van der Waals surface area contributed by atoms with Crippen LogP contribution in [0, 0.1) is 0 Å². The first-order valence-electron chi connectivity index (χ1n) is 12.6. The summed E-state index contributed by atoms with van der Waals surface area (Å²) in [5, 5.41) is 14.0. The number of likely N-dealkylation sites (N-methyl/N-ethyl adjacent to an activating group) is 1. The molecular formula is C30H38F2N2O3. The van der Waals surface area contributed by atoms with Crippen molar-refractivity contribution in [1.29, 1.82) is 0 Å². The molecule has 2 aromatic carbocycles. The summed E-state index contributed by atoms with van der Waals surface area (Å²) < 4.78 is 37.2. The zero-order valence-corrected chi connectivity index (χ0v) is 22.1. The van der Waals surface area contributed by atoms with E-state index in [1.807, 2.05) is 43.4 Å². The van der Waals surface area contributed by atoms with Gasteiger partial charge in [-0.1, -0.05) is 55.1 Å². The average Bonchev–Trinajstić information content (AvgIpc) is 2.91. The number of ether oxygens (including phenoxy) is 2. The van der Waals surface area contributed by atoms with Crippen molar-refractivity contribution in [1.82, 2.24) is 10.2 Å². The van der Waals surface area contributed by atoms with E-state index in [0.29, 0.717) is 24.5 Å². The predicted octanol–water partition coefficient (Wildman–Crippen LogP) is 5.77. The average molecular weight is 513 g/mol. The van der Waals surface area contributed by atoms with Crippen LogP contribution in [0.15, 0.2) is 72.9 Å². The van der Waals surface area contributed by atoms with Crippen LogP contribution in [0.25, 0.3) is 0 Å². The monoisotopic (exact) mass is 512 g/mol. The lowest BCUT2D eigenvalue weighted by Crippen LogP contribution is -2.53. The molecule has 200 valence electrons. The Hall–Kier alpha value is -3.00. The second-order valence-electron chi connectivity index (χ2n) is 9.13. The number of aryl methyl sites for hydroxylation is 1. The Balaban J connectivity index is 2.01. The minimum absolute atomic E-state index is 0.0200. The van der Waals surface area contributed by atoms with E-state index in [2.05, 4.69) is 16.8 Å². The fourth-order valence-electron chi connectivity index (χ4n) is 4.98. The summed E-state index contributed by atoms with van der Waals surface area (Å²) in [6.07, 6.45) is 6.56. The molecule has 0 fully saturated rings. The fraction of sp³-hybridized carbons (Fsp3) is 0.400. The van der Waals surface area contributed by atoms with Gasteiger partial charge in [0.2, 0.25) is 0 Å². The molecule has 5 nitrogen and oxygen atoms in total. The number of nitrogens with one attached hydrogen (secondary N) is 1. The van der Waals surface area contributed by atoms with Crippen LogP contribution < -0.4 is 14.8 Å². The summed E-state index contributed by atoms with van der Waals surface area (Å²) >= 11 is 0. The highest BCUT2D eigenvalue weighted by Gasteiger charge is 2.37. The third-order valence-electron chi connectivity index (χ3n) is 6.93. The van der Waals surface area contributed by atoms with Gasteiger partial charge < -0.3 is 14.6 Å². The van der Waals surface area contributed by atoms with Crippen molar-refractivity contribution in [3.63, 3.8) is 0 Å². The minimum atomic E-state index is -2.48. The van der Waals surface area contributed by atoms with Crippen molar-refractivity contribution in [2.45, 2.75) is 50.9 Å². The maximum absolute atomic E-state index is 13.0. The quantitative estimate of drug-likeness (QED) is 0.279. The molecule has 1 aliphatic heterocycles. The van der Waals surface area contributed by atoms with E-state index in [4.69, 9.17) is 9.47 Å². The van der Waals surface area contributed by atoms with Crippen molar-refractivity contribution >= 4 is 0 Å². The maximum Gasteiger partial charge on any atom is 0.263 e. The molecule has 2 aromatic rings. The number of fused-ring (bicyclic) bond motifs is 1. The van der Waals surface area contributed by atoms with E-state index in [-0.39, 0.29) is 17.6 Å². The van der Waals surface area contributed by atoms with Gasteiger partial charge in [0.1, 0.15) is 6.23 Å². The lowest BCUT2D eigenvalue weighted by atomic mass is 9.86. The van der Waals surface area contributed by atoms with Gasteiger partial charge >= 0.3 is 0 Å². The number of allylic oxidation sites excluding steroid dienone is 3. The molecule has 0 amide bonds. The Morgan fingerprint density at radius 3 is 2.43 bits per heavy atom. The molecule has 1 heterocycles. The van der Waals surface area contributed by atoms with Gasteiger partial charge in [-0.25, -0.2) is 8.78 Å². The Labute approximate surface area is 219 Å². The van der Waals surface area contributed by atoms with Crippen LogP contribution in [0.3, 0.4) is 0 Å². The Bertz CT molecular complexity index is 1100. The van der Waals surface area contributed by atoms with E-state index in [1.54, 1.807) is 33.4 Å². The zero-order valence-electron chi connectivity index (χ0n) is 22.1. The summed E-state index contributed by atoms with van der Waals surface area (Å²) in [5.74, 6) is 1.33. The van der Waals surface area contributed by atoms with Gasteiger partial charge in [-0.05, 0) is 67.6 Å². The first-order chi connectivity index (χ1) is 17.8. The molecule has 0 bridgehead atoms. The molecule has 7 heteroatoms. The number of aliphatic hydroxyl groups excluding tert-OH is 1. The Kier molecular flexibility index (Phi) is 10.4. The molecule has 3 rings (SSSR count). The Morgan fingerprint density at radius 1 is 1.16 bits per heavy atom. The van der Waals surface area contributed by atoms with E-state index in [0.717, 1.165) is 29.5 Å². The summed E-state index contributed by atoms with van der Waals surface area (Å²) in [6.45, 7) is 6.94. The minimum Gasteiger partial charge on any atom is -0.493 e. The maximum atomic E-state index is 13.0. The van der Waals surface area contributed by atoms with Gasteiger partial charge in [-0.2, -0.15) is 0 Å². The molecule has 0 saturated heterocycles. The highest BCUT2D eigenvalue weighted by molar-refractivity contribution is 5.50. The SMILES string of the molecule is C=C(/C=C\C=C/C)[C@H](C(O)NC)N1CCc2cc(OC)c(OC)cc2[C@@H]1CCc1ccc(C(F)F)cc1. The topological polar surface area (TPSA) is 54.0 Å². The van der Waals surface area contributed by atoms with Crippen LogP contribution in [0.1, 0.15) is 48.1 Å². The molecule has 2 N–H and O–H groups in total. The predicted molar refractivity (Wildman–Crippen MR) is 144 cm³/mol. The molecule has 0 radical (unpaired) electrons. The number of nitrogens with zero attached hydrogens (tertiary/aromatic N) is 1. The molecule has 0 saturated carbocycles. The van der Waals surface area contributed by atoms with E-state index >= 15 is 0 Å². The number of alkyl halides is 2. The number of hydrogen-bond donors (Lipinski definition) is 2. The van der Waals surface area contributed by atoms with E-state index in [1.165, 1.54) is 17.7 Å². The van der Waals surface area contributed by atoms with Gasteiger partial charge in [0.05, 0.1) is 20.3 Å². The van der Waals surface area contributed by atoms with Crippen LogP contribution in [0.5, 0.6) is 11.5 Å². The highest BCUT2D eigenvalue weighted by atomic mass is 19.3. The lowest BCUT2D eigenvalue weighted by molar-refractivity contribution is 0.0214. The number of halogens is 2. The van der Waals surface area contributed by atoms with Gasteiger partial charge in [-0.15, -0.1) is 0 Å². The molecule has 0 aliphatic carbocycles. The van der Waals surface area contributed by atoms with Gasteiger partial charge in [0.15, 0.2) is 11.5 Å². The van der Waals surface area contributed by atoms with Crippen LogP contribution in [-0.2, 0) is 12.8 Å². The summed E-state index contributed by atoms with van der Waals surface area (Å²) in [4.78, 5) is 2.28. The third-order valence-corrected chi connectivity index (χ3v) is 6.93. The van der Waals surface area contributed by atoms with Gasteiger partial charge in [0, 0.05) is 18.2 Å². The molecule has 0 aromatic heterocycles. The normalized spacial score (nSPS) is 17.8. The first-order valence-corrected chi connectivity index (χ1v) is 12.6. The molecule has 1 aliphatic rings. The smallest absolute Gasteiger partial charge is 0.263 e. The van der Waals surface area contributed by atoms with Crippen molar-refractivity contribution in [2.24, 2.45) is 0 Å². The number of aliphatic hydroxyl groups is 1. The largest absolute Gasteiger partial charge is 0.493 e. The summed E-state index contributed by atoms with van der Waals surface area (Å²) in [6, 6.07) is 10.1. The lowest BCUT2D eigenvalue weighted by Gasteiger charge is -2.44. The number of rotatable bonds is 12. The van der Waals surface area contributed by atoms with Gasteiger partial charge in [0.25, 0.3) is 6.43 Å². The molecular weight excluding hydrogens is 474 g/mol. The highest BCUT2D eigenvalue weighted by Crippen LogP contribution is 2.41. The summed E-state index contributed by atoms with van der Waals surface area (Å²) in [7, 11) is 4.97. The third kappa shape index (κ3) is 6.86. The molecule has 37 heavy (non-hydrogen) atoms. The Morgan fingerprint density at radius 2 is 1.84 bits per heavy atom. The standard InChI is InChI=1S/C30H38F2N2O3/c1-6-7-8-9-20(2)28(30(35)33-3)34-17-16-23-18-26(36-4)27(37-5)19-24(23)25(34)15-12-21-10-13-22(14-11-21)29(31)32/h6-11,13-14,18-19,25,28-30,33,35H,2,12,15-17H2,1,3-5H3/b7-6-,9-8-/t25-,28+,30?/m0/s1. The van der Waals surface area contributed by atoms with Crippen molar-refractivity contribution < 1.29 is 23.4 Å². The molecule has 0 spiro atoms. The zero-order chi connectivity index (χ0) is 26.9. The first kappa shape index (κ1) is 28.6. The van der Waals surface area contributed by atoms with Crippen LogP contribution >= 0.6 is 0 Å². The second-order valence-corrected chi connectivity index (χ2v) is 9.13. The number of methoxy groups -OCH3 is 2. The van der Waals surface area contributed by atoms with Crippen LogP contribution in [0.2, 0.25) is 0 Å². The molecule has 1 unspecified atom stereocenters. The number of hydrogen-bond acceptors (Lipinski definition) is 5.